The van der Waals surface area contributed by atoms with Crippen LogP contribution in [0.2, 0.25) is 0 Å². The van der Waals surface area contributed by atoms with Gasteiger partial charge in [-0.3, -0.25) is 9.48 Å². The number of aromatic nitrogens is 4. The number of fused-ring (bicyclic) bond motifs is 1. The molecule has 19 heavy (non-hydrogen) atoms. The first-order chi connectivity index (χ1) is 9.22. The number of ether oxygens (including phenoxy) is 1. The molecule has 0 fully saturated rings. The Kier molecular flexibility index (Phi) is 3.24. The maximum absolute atomic E-state index is 11.9. The summed E-state index contributed by atoms with van der Waals surface area (Å²) in [6.45, 7) is 2.43. The lowest BCUT2D eigenvalue weighted by Crippen LogP contribution is -2.27. The zero-order valence-corrected chi connectivity index (χ0v) is 11.6. The van der Waals surface area contributed by atoms with Crippen molar-refractivity contribution in [3.63, 3.8) is 0 Å². The Bertz CT molecular complexity index is 585. The number of hydrogen-bond donors (Lipinski definition) is 1. The van der Waals surface area contributed by atoms with Crippen molar-refractivity contribution in [2.45, 2.75) is 13.1 Å². The summed E-state index contributed by atoms with van der Waals surface area (Å²) < 4.78 is 9.67. The minimum atomic E-state index is -0.197. The summed E-state index contributed by atoms with van der Waals surface area (Å²) in [6.07, 6.45) is 3.56. The number of rotatable bonds is 4. The number of amides is 1. The van der Waals surface area contributed by atoms with Crippen LogP contribution in [0.25, 0.3) is 0 Å². The summed E-state index contributed by atoms with van der Waals surface area (Å²) in [5.74, 6) is 0.456. The van der Waals surface area contributed by atoms with Gasteiger partial charge in [-0.05, 0) is 15.9 Å². The lowest BCUT2D eigenvalue weighted by atomic mass is 10.4. The molecule has 2 aromatic heterocycles. The van der Waals surface area contributed by atoms with Crippen molar-refractivity contribution < 1.29 is 9.53 Å². The molecule has 0 spiro atoms. The van der Waals surface area contributed by atoms with Crippen LogP contribution in [0.1, 0.15) is 10.5 Å². The normalized spacial score (nSPS) is 13.1. The van der Waals surface area contributed by atoms with E-state index in [2.05, 4.69) is 31.4 Å². The number of halogens is 1. The van der Waals surface area contributed by atoms with E-state index in [0.29, 0.717) is 37.8 Å². The third-order valence-corrected chi connectivity index (χ3v) is 3.17. The summed E-state index contributed by atoms with van der Waals surface area (Å²) in [6, 6.07) is 1.66. The predicted molar refractivity (Wildman–Crippen MR) is 70.0 cm³/mol. The molecule has 8 heteroatoms. The Labute approximate surface area is 117 Å². The Morgan fingerprint density at radius 3 is 3.21 bits per heavy atom. The van der Waals surface area contributed by atoms with E-state index in [4.69, 9.17) is 4.74 Å². The molecule has 0 unspecified atom stereocenters. The second-order valence-corrected chi connectivity index (χ2v) is 5.03. The number of nitrogens with one attached hydrogen (secondary N) is 1. The molecule has 0 aromatic carbocycles. The van der Waals surface area contributed by atoms with Gasteiger partial charge in [-0.1, -0.05) is 0 Å². The first kappa shape index (κ1) is 12.2. The molecule has 3 rings (SSSR count). The Hall–Kier alpha value is -1.83. The molecule has 1 N–H and O–H groups in total. The van der Waals surface area contributed by atoms with Crippen LogP contribution in [-0.4, -0.2) is 38.6 Å². The Balaban J connectivity index is 1.53. The largest absolute Gasteiger partial charge is 0.476 e. The number of carbonyl (C=O) groups is 1. The molecule has 3 heterocycles. The van der Waals surface area contributed by atoms with Crippen molar-refractivity contribution in [2.75, 3.05) is 13.2 Å². The van der Waals surface area contributed by atoms with E-state index in [1.54, 1.807) is 21.6 Å². The van der Waals surface area contributed by atoms with Gasteiger partial charge in [0.1, 0.15) is 6.61 Å². The summed E-state index contributed by atoms with van der Waals surface area (Å²) in [4.78, 5) is 11.9. The highest BCUT2D eigenvalue weighted by molar-refractivity contribution is 9.10. The third-order valence-electron chi connectivity index (χ3n) is 2.76. The molecule has 0 saturated carbocycles. The molecule has 1 amide bonds. The second-order valence-electron chi connectivity index (χ2n) is 4.12. The zero-order chi connectivity index (χ0) is 13.2. The monoisotopic (exact) mass is 325 g/mol. The zero-order valence-electron chi connectivity index (χ0n) is 10.0. The van der Waals surface area contributed by atoms with Crippen molar-refractivity contribution in [3.8, 4) is 5.88 Å². The third kappa shape index (κ3) is 2.62. The highest BCUT2D eigenvalue weighted by Crippen LogP contribution is 2.18. The molecule has 1 aliphatic heterocycles. The summed E-state index contributed by atoms with van der Waals surface area (Å²) in [5.41, 5.74) is 0.386. The highest BCUT2D eigenvalue weighted by atomic mass is 79.9. The quantitative estimate of drug-likeness (QED) is 0.896. The number of hydrogen-bond acceptors (Lipinski definition) is 4. The number of carbonyl (C=O) groups excluding carboxylic acids is 1. The van der Waals surface area contributed by atoms with Crippen LogP contribution in [0, 0.1) is 0 Å². The van der Waals surface area contributed by atoms with Crippen molar-refractivity contribution in [3.05, 3.63) is 28.6 Å². The lowest BCUT2D eigenvalue weighted by Gasteiger charge is -2.03. The van der Waals surface area contributed by atoms with Gasteiger partial charge in [0.25, 0.3) is 5.91 Å². The fourth-order valence-electron chi connectivity index (χ4n) is 1.86. The van der Waals surface area contributed by atoms with Crippen molar-refractivity contribution >= 4 is 21.8 Å². The van der Waals surface area contributed by atoms with Gasteiger partial charge in [0.2, 0.25) is 5.88 Å². The first-order valence-electron chi connectivity index (χ1n) is 5.89. The van der Waals surface area contributed by atoms with E-state index in [0.717, 1.165) is 4.47 Å². The van der Waals surface area contributed by atoms with Crippen LogP contribution in [0.4, 0.5) is 0 Å². The molecule has 0 aliphatic carbocycles. The fraction of sp³-hybridized carbons (Fsp3) is 0.364. The Morgan fingerprint density at radius 1 is 1.58 bits per heavy atom. The van der Waals surface area contributed by atoms with Crippen LogP contribution in [0.5, 0.6) is 5.88 Å². The average Bonchev–Trinajstić information content (AvgIpc) is 3.03. The molecule has 0 atom stereocenters. The highest BCUT2D eigenvalue weighted by Gasteiger charge is 2.18. The number of nitrogens with zero attached hydrogens (tertiary/aromatic N) is 4. The molecule has 0 radical (unpaired) electrons. The first-order valence-corrected chi connectivity index (χ1v) is 6.68. The summed E-state index contributed by atoms with van der Waals surface area (Å²) >= 11 is 3.32. The second kappa shape index (κ2) is 5.04. The van der Waals surface area contributed by atoms with Crippen LogP contribution in [0.15, 0.2) is 22.9 Å². The van der Waals surface area contributed by atoms with Crippen molar-refractivity contribution in [2.24, 2.45) is 0 Å². The van der Waals surface area contributed by atoms with Gasteiger partial charge in [-0.2, -0.15) is 10.2 Å². The van der Waals surface area contributed by atoms with Crippen LogP contribution < -0.4 is 10.1 Å². The molecule has 0 saturated heterocycles. The van der Waals surface area contributed by atoms with Gasteiger partial charge < -0.3 is 10.1 Å². The van der Waals surface area contributed by atoms with Gasteiger partial charge in [0.15, 0.2) is 5.69 Å². The minimum absolute atomic E-state index is 0.197. The molecule has 1 aliphatic rings. The van der Waals surface area contributed by atoms with Crippen LogP contribution >= 0.6 is 15.9 Å². The van der Waals surface area contributed by atoms with Gasteiger partial charge in [-0.25, -0.2) is 4.68 Å². The molecular formula is C11H12BrN5O2. The fourth-order valence-corrected chi connectivity index (χ4v) is 2.19. The van der Waals surface area contributed by atoms with E-state index in [1.165, 1.54) is 0 Å². The SMILES string of the molecule is O=C(NCCn1cc(Br)cn1)c1cc2n(n1)CCO2. The molecule has 0 bridgehead atoms. The average molecular weight is 326 g/mol. The smallest absolute Gasteiger partial charge is 0.271 e. The molecule has 2 aromatic rings. The molecule has 100 valence electrons. The minimum Gasteiger partial charge on any atom is -0.476 e. The van der Waals surface area contributed by atoms with Crippen LogP contribution in [-0.2, 0) is 13.1 Å². The standard InChI is InChI=1S/C11H12BrN5O2/c12-8-6-14-16(7-8)2-1-13-11(18)9-5-10-17(15-9)3-4-19-10/h5-7H,1-4H2,(H,13,18). The topological polar surface area (TPSA) is 74.0 Å². The predicted octanol–water partition coefficient (Wildman–Crippen LogP) is 0.664. The van der Waals surface area contributed by atoms with E-state index in [-0.39, 0.29) is 5.91 Å². The van der Waals surface area contributed by atoms with Gasteiger partial charge >= 0.3 is 0 Å². The lowest BCUT2D eigenvalue weighted by molar-refractivity contribution is 0.0946. The van der Waals surface area contributed by atoms with Gasteiger partial charge in [0.05, 0.1) is 23.8 Å². The van der Waals surface area contributed by atoms with E-state index in [1.807, 2.05) is 6.20 Å². The molecule has 7 nitrogen and oxygen atoms in total. The van der Waals surface area contributed by atoms with Crippen LogP contribution in [0.3, 0.4) is 0 Å². The van der Waals surface area contributed by atoms with E-state index < -0.39 is 0 Å². The van der Waals surface area contributed by atoms with Crippen molar-refractivity contribution in [1.82, 2.24) is 24.9 Å². The van der Waals surface area contributed by atoms with E-state index in [9.17, 15) is 4.79 Å². The maximum atomic E-state index is 11.9. The Morgan fingerprint density at radius 2 is 2.47 bits per heavy atom. The summed E-state index contributed by atoms with van der Waals surface area (Å²) in [5, 5.41) is 11.1. The summed E-state index contributed by atoms with van der Waals surface area (Å²) in [7, 11) is 0. The van der Waals surface area contributed by atoms with Gasteiger partial charge in [0, 0.05) is 18.8 Å². The van der Waals surface area contributed by atoms with Crippen molar-refractivity contribution in [1.29, 1.82) is 0 Å². The van der Waals surface area contributed by atoms with Gasteiger partial charge in [-0.15, -0.1) is 0 Å². The molecular weight excluding hydrogens is 314 g/mol. The maximum Gasteiger partial charge on any atom is 0.271 e. The van der Waals surface area contributed by atoms with E-state index >= 15 is 0 Å².